The monoisotopic (exact) mass is 613 g/mol. The Morgan fingerprint density at radius 3 is 2.37 bits per heavy atom. The summed E-state index contributed by atoms with van der Waals surface area (Å²) in [7, 11) is 0. The van der Waals surface area contributed by atoms with Gasteiger partial charge in [-0.15, -0.1) is 0 Å². The number of aromatic nitrogens is 3. The molecule has 12 nitrogen and oxygen atoms in total. The van der Waals surface area contributed by atoms with Gasteiger partial charge in [-0.3, -0.25) is 4.79 Å². The van der Waals surface area contributed by atoms with Crippen LogP contribution in [0.1, 0.15) is 75.8 Å². The number of hydrogen-bond donors (Lipinski definition) is 3. The Kier molecular flexibility index (Phi) is 11.0. The molecule has 0 radical (unpaired) electrons. The van der Waals surface area contributed by atoms with Gasteiger partial charge in [0.25, 0.3) is 0 Å². The number of hydrogen-bond acceptors (Lipinski definition) is 9. The first-order valence-corrected chi connectivity index (χ1v) is 14.1. The number of carboxylic acids is 2. The first-order chi connectivity index (χ1) is 20.1. The summed E-state index contributed by atoms with van der Waals surface area (Å²) in [4.78, 5) is 43.9. The summed E-state index contributed by atoms with van der Waals surface area (Å²) < 4.78 is 42.7. The molecule has 2 aliphatic heterocycles. The fourth-order valence-electron chi connectivity index (χ4n) is 4.95. The number of fused-ring (bicyclic) bond motifs is 1. The minimum atomic E-state index is -5.08. The van der Waals surface area contributed by atoms with Crippen molar-refractivity contribution in [2.24, 2.45) is 5.41 Å². The maximum atomic E-state index is 12.4. The van der Waals surface area contributed by atoms with E-state index in [9.17, 15) is 27.9 Å². The van der Waals surface area contributed by atoms with E-state index in [1.165, 1.54) is 5.56 Å². The molecule has 1 fully saturated rings. The van der Waals surface area contributed by atoms with Gasteiger partial charge in [-0.1, -0.05) is 11.2 Å². The van der Waals surface area contributed by atoms with Crippen molar-refractivity contribution in [3.05, 3.63) is 35.1 Å². The van der Waals surface area contributed by atoms with E-state index < -0.39 is 29.1 Å². The SMILES string of the molecule is CC(C)(C)OC(=O)N1CCC(CC(=O)O)(Cc2nc(CCCc3ccc4c(n3)NCCC4)no2)CC1.O=C(O)C(F)(F)F. The number of aryl methyl sites for hydroxylation is 3. The highest BCUT2D eigenvalue weighted by Crippen LogP contribution is 2.38. The normalized spacial score (nSPS) is 16.3. The van der Waals surface area contributed by atoms with Gasteiger partial charge in [-0.2, -0.15) is 18.2 Å². The van der Waals surface area contributed by atoms with Crippen molar-refractivity contribution in [3.8, 4) is 0 Å². The first-order valence-electron chi connectivity index (χ1n) is 14.1. The third-order valence-corrected chi connectivity index (χ3v) is 7.07. The molecule has 4 heterocycles. The molecular formula is C28H38F3N5O7. The second kappa shape index (κ2) is 14.0. The topological polar surface area (TPSA) is 168 Å². The Balaban J connectivity index is 0.000000646. The zero-order chi connectivity index (χ0) is 31.8. The van der Waals surface area contributed by atoms with Crippen molar-refractivity contribution in [3.63, 3.8) is 0 Å². The van der Waals surface area contributed by atoms with Gasteiger partial charge >= 0.3 is 24.2 Å². The van der Waals surface area contributed by atoms with Crippen LogP contribution in [0.5, 0.6) is 0 Å². The van der Waals surface area contributed by atoms with Gasteiger partial charge in [0.1, 0.15) is 11.4 Å². The number of carbonyl (C=O) groups is 3. The molecule has 0 aromatic carbocycles. The maximum Gasteiger partial charge on any atom is 0.490 e. The Morgan fingerprint density at radius 1 is 1.09 bits per heavy atom. The van der Waals surface area contributed by atoms with E-state index in [1.807, 2.05) is 20.8 Å². The van der Waals surface area contributed by atoms with Gasteiger partial charge < -0.3 is 29.7 Å². The summed E-state index contributed by atoms with van der Waals surface area (Å²) in [6.45, 7) is 7.33. The minimum absolute atomic E-state index is 0.00902. The van der Waals surface area contributed by atoms with E-state index in [-0.39, 0.29) is 12.5 Å². The lowest BCUT2D eigenvalue weighted by Gasteiger charge is -2.40. The molecule has 2 aromatic heterocycles. The predicted molar refractivity (Wildman–Crippen MR) is 146 cm³/mol. The van der Waals surface area contributed by atoms with Crippen LogP contribution in [-0.2, 0) is 40.0 Å². The van der Waals surface area contributed by atoms with Crippen molar-refractivity contribution in [2.75, 3.05) is 25.0 Å². The zero-order valence-electron chi connectivity index (χ0n) is 24.5. The van der Waals surface area contributed by atoms with E-state index in [2.05, 4.69) is 27.6 Å². The fourth-order valence-corrected chi connectivity index (χ4v) is 4.95. The van der Waals surface area contributed by atoms with Crippen LogP contribution in [0.25, 0.3) is 0 Å². The second-order valence-electron chi connectivity index (χ2n) is 11.8. The maximum absolute atomic E-state index is 12.4. The number of pyridine rings is 1. The smallest absolute Gasteiger partial charge is 0.481 e. The lowest BCUT2D eigenvalue weighted by molar-refractivity contribution is -0.192. The number of alkyl halides is 3. The number of piperidine rings is 1. The average molecular weight is 614 g/mol. The molecule has 238 valence electrons. The summed E-state index contributed by atoms with van der Waals surface area (Å²) in [6, 6.07) is 4.25. The number of ether oxygens (including phenoxy) is 1. The van der Waals surface area contributed by atoms with Crippen LogP contribution < -0.4 is 5.32 Å². The first kappa shape index (κ1) is 33.6. The number of nitrogens with zero attached hydrogens (tertiary/aromatic N) is 4. The van der Waals surface area contributed by atoms with Gasteiger partial charge in [0, 0.05) is 38.2 Å². The van der Waals surface area contributed by atoms with Gasteiger partial charge in [0.15, 0.2) is 5.82 Å². The largest absolute Gasteiger partial charge is 0.490 e. The van der Waals surface area contributed by atoms with Crippen LogP contribution in [0.15, 0.2) is 16.7 Å². The number of carbonyl (C=O) groups excluding carboxylic acids is 1. The molecule has 2 aliphatic rings. The quantitative estimate of drug-likeness (QED) is 0.378. The van der Waals surface area contributed by atoms with E-state index in [4.69, 9.17) is 24.1 Å². The van der Waals surface area contributed by atoms with Gasteiger partial charge in [-0.25, -0.2) is 14.6 Å². The highest BCUT2D eigenvalue weighted by atomic mass is 19.4. The second-order valence-corrected chi connectivity index (χ2v) is 11.8. The summed E-state index contributed by atoms with van der Waals surface area (Å²) in [6.07, 6.45) is 0.537. The number of anilines is 1. The van der Waals surface area contributed by atoms with E-state index in [0.717, 1.165) is 43.7 Å². The summed E-state index contributed by atoms with van der Waals surface area (Å²) in [5, 5.41) is 24.2. The van der Waals surface area contributed by atoms with Crippen molar-refractivity contribution in [2.45, 2.75) is 90.3 Å². The van der Waals surface area contributed by atoms with Gasteiger partial charge in [0.05, 0.1) is 6.42 Å². The van der Waals surface area contributed by atoms with Crippen LogP contribution in [0.2, 0.25) is 0 Å². The molecule has 1 amide bonds. The van der Waals surface area contributed by atoms with Crippen molar-refractivity contribution >= 4 is 23.8 Å². The highest BCUT2D eigenvalue weighted by molar-refractivity contribution is 5.73. The standard InChI is InChI=1S/C26H37N5O5.C2HF3O2/c1-25(2,3)35-24(34)31-14-11-26(12-15-31,17-22(32)33)16-21-29-20(30-36-21)8-4-7-19-10-9-18-6-5-13-27-23(18)28-19;3-2(4,5)1(6)7/h9-10H,4-8,11-17H2,1-3H3,(H,27,28)(H,32,33);(H,6,7). The van der Waals surface area contributed by atoms with E-state index >= 15 is 0 Å². The van der Waals surface area contributed by atoms with Crippen LogP contribution in [-0.4, -0.2) is 79.7 Å². The molecule has 0 spiro atoms. The fraction of sp³-hybridized carbons (Fsp3) is 0.643. The van der Waals surface area contributed by atoms with Crippen LogP contribution >= 0.6 is 0 Å². The molecule has 1 saturated heterocycles. The molecule has 3 N–H and O–H groups in total. The molecule has 0 bridgehead atoms. The summed E-state index contributed by atoms with van der Waals surface area (Å²) in [5.74, 6) is -1.55. The number of aliphatic carboxylic acids is 2. The predicted octanol–water partition coefficient (Wildman–Crippen LogP) is 4.67. The number of amides is 1. The molecule has 0 aliphatic carbocycles. The van der Waals surface area contributed by atoms with Crippen molar-refractivity contribution < 1.29 is 47.0 Å². The number of rotatable bonds is 8. The molecule has 0 saturated carbocycles. The Hall–Kier alpha value is -3.91. The lowest BCUT2D eigenvalue weighted by Crippen LogP contribution is -2.46. The summed E-state index contributed by atoms with van der Waals surface area (Å²) in [5.41, 5.74) is 1.22. The average Bonchev–Trinajstić information content (AvgIpc) is 3.34. The molecular weight excluding hydrogens is 575 g/mol. The molecule has 0 atom stereocenters. The molecule has 4 rings (SSSR count). The van der Waals surface area contributed by atoms with Gasteiger partial charge in [0.2, 0.25) is 5.89 Å². The summed E-state index contributed by atoms with van der Waals surface area (Å²) >= 11 is 0. The third kappa shape index (κ3) is 10.7. The third-order valence-electron chi connectivity index (χ3n) is 7.07. The lowest BCUT2D eigenvalue weighted by atomic mass is 9.73. The van der Waals surface area contributed by atoms with Crippen molar-refractivity contribution in [1.82, 2.24) is 20.0 Å². The molecule has 0 unspecified atom stereocenters. The number of carboxylic acid groups (broad SMARTS) is 2. The highest BCUT2D eigenvalue weighted by Gasteiger charge is 2.40. The zero-order valence-corrected chi connectivity index (χ0v) is 24.5. The van der Waals surface area contributed by atoms with Crippen LogP contribution in [0, 0.1) is 5.41 Å². The molecule has 43 heavy (non-hydrogen) atoms. The molecule has 2 aromatic rings. The van der Waals surface area contributed by atoms with Gasteiger partial charge in [-0.05, 0) is 76.3 Å². The number of likely N-dealkylation sites (tertiary alicyclic amines) is 1. The molecule has 15 heteroatoms. The Bertz CT molecular complexity index is 1270. The van der Waals surface area contributed by atoms with Crippen LogP contribution in [0.3, 0.4) is 0 Å². The van der Waals surface area contributed by atoms with Crippen LogP contribution in [0.4, 0.5) is 23.8 Å². The Morgan fingerprint density at radius 2 is 1.77 bits per heavy atom. The Labute approximate surface area is 247 Å². The number of halogens is 3. The van der Waals surface area contributed by atoms with E-state index in [1.54, 1.807) is 4.90 Å². The minimum Gasteiger partial charge on any atom is -0.481 e. The van der Waals surface area contributed by atoms with Crippen molar-refractivity contribution in [1.29, 1.82) is 0 Å². The number of nitrogens with one attached hydrogen (secondary N) is 1. The van der Waals surface area contributed by atoms with E-state index in [0.29, 0.717) is 50.5 Å².